The van der Waals surface area contributed by atoms with Gasteiger partial charge < -0.3 is 0 Å². The van der Waals surface area contributed by atoms with Gasteiger partial charge in [-0.15, -0.1) is 0 Å². The minimum Gasteiger partial charge on any atom is -0.262 e. The van der Waals surface area contributed by atoms with Crippen molar-refractivity contribution in [1.82, 2.24) is 0 Å². The summed E-state index contributed by atoms with van der Waals surface area (Å²) in [6, 6.07) is 11.8. The van der Waals surface area contributed by atoms with Crippen molar-refractivity contribution in [2.45, 2.75) is 106 Å². The number of benzene rings is 2. The molecule has 0 amide bonds. The van der Waals surface area contributed by atoms with Gasteiger partial charge in [-0.2, -0.15) is 15.5 Å². The van der Waals surface area contributed by atoms with E-state index in [4.69, 9.17) is 5.26 Å². The maximum Gasteiger partial charge on any atom is 0.132 e. The summed E-state index contributed by atoms with van der Waals surface area (Å²) in [6.07, 6.45) is 15.5. The zero-order valence-electron chi connectivity index (χ0n) is 26.9. The SMILES string of the molecule is C=C(CCC)N=C/C(C)=C\CCCC.CCCC(C)CCC.CN=Nc1cc(-c2ccc(C#N)cc2F)ccc1C. The summed E-state index contributed by atoms with van der Waals surface area (Å²) in [5.41, 5.74) is 5.39. The maximum atomic E-state index is 13.9. The summed E-state index contributed by atoms with van der Waals surface area (Å²) in [5, 5.41) is 16.5. The molecular weight excluding hydrogens is 507 g/mol. The quantitative estimate of drug-likeness (QED) is 0.136. The molecule has 0 saturated heterocycles. The molecule has 0 atom stereocenters. The average Bonchev–Trinajstić information content (AvgIpc) is 2.94. The number of halogens is 1. The third kappa shape index (κ3) is 17.1. The molecule has 0 aliphatic heterocycles. The molecule has 224 valence electrons. The lowest BCUT2D eigenvalue weighted by Gasteiger charge is -2.06. The van der Waals surface area contributed by atoms with E-state index in [1.165, 1.54) is 50.2 Å². The van der Waals surface area contributed by atoms with E-state index < -0.39 is 5.82 Å². The number of azo groups is 1. The number of aryl methyl sites for hydroxylation is 1. The number of allylic oxidation sites excluding steroid dienone is 3. The fraction of sp³-hybridized carbons (Fsp3) is 0.500. The highest BCUT2D eigenvalue weighted by atomic mass is 19.1. The molecule has 5 heteroatoms. The molecule has 2 aromatic carbocycles. The van der Waals surface area contributed by atoms with Gasteiger partial charge in [0.15, 0.2) is 0 Å². The second-order valence-electron chi connectivity index (χ2n) is 10.5. The van der Waals surface area contributed by atoms with Crippen molar-refractivity contribution in [2.75, 3.05) is 7.05 Å². The molecule has 0 saturated carbocycles. The van der Waals surface area contributed by atoms with Crippen LogP contribution in [0.25, 0.3) is 11.1 Å². The van der Waals surface area contributed by atoms with Crippen LogP contribution < -0.4 is 0 Å². The van der Waals surface area contributed by atoms with Gasteiger partial charge in [0.25, 0.3) is 0 Å². The van der Waals surface area contributed by atoms with Crippen molar-refractivity contribution < 1.29 is 4.39 Å². The number of nitriles is 1. The predicted octanol–water partition coefficient (Wildman–Crippen LogP) is 12.1. The third-order valence-electron chi connectivity index (χ3n) is 6.40. The van der Waals surface area contributed by atoms with E-state index in [1.807, 2.05) is 31.3 Å². The van der Waals surface area contributed by atoms with Crippen molar-refractivity contribution in [2.24, 2.45) is 21.1 Å². The lowest BCUT2D eigenvalue weighted by molar-refractivity contribution is 0.480. The molecule has 0 fully saturated rings. The largest absolute Gasteiger partial charge is 0.262 e. The number of unbranched alkanes of at least 4 members (excludes halogenated alkanes) is 2. The summed E-state index contributed by atoms with van der Waals surface area (Å²) < 4.78 is 13.9. The summed E-state index contributed by atoms with van der Waals surface area (Å²) in [5.74, 6) is 0.548. The Bertz CT molecular complexity index is 1150. The smallest absolute Gasteiger partial charge is 0.132 e. The Hall–Kier alpha value is -3.39. The van der Waals surface area contributed by atoms with Gasteiger partial charge in [0, 0.05) is 24.5 Å². The highest BCUT2D eigenvalue weighted by molar-refractivity contribution is 5.78. The van der Waals surface area contributed by atoms with Crippen LogP contribution in [0.4, 0.5) is 10.1 Å². The Morgan fingerprint density at radius 3 is 2.24 bits per heavy atom. The first-order valence-corrected chi connectivity index (χ1v) is 15.2. The second kappa shape index (κ2) is 23.3. The molecule has 0 heterocycles. The summed E-state index contributed by atoms with van der Waals surface area (Å²) >= 11 is 0. The Kier molecular flexibility index (Phi) is 21.4. The minimum atomic E-state index is -0.415. The van der Waals surface area contributed by atoms with Crippen LogP contribution in [0.5, 0.6) is 0 Å². The van der Waals surface area contributed by atoms with Crippen molar-refractivity contribution in [1.29, 1.82) is 5.26 Å². The maximum absolute atomic E-state index is 13.9. The van der Waals surface area contributed by atoms with Crippen molar-refractivity contribution in [3.05, 3.63) is 77.3 Å². The van der Waals surface area contributed by atoms with E-state index >= 15 is 0 Å². The van der Waals surface area contributed by atoms with Crippen LogP contribution in [-0.4, -0.2) is 13.3 Å². The monoisotopic (exact) mass is 560 g/mol. The molecule has 0 N–H and O–H groups in total. The Labute approximate surface area is 250 Å². The lowest BCUT2D eigenvalue weighted by Crippen LogP contribution is -1.91. The van der Waals surface area contributed by atoms with E-state index in [1.54, 1.807) is 25.2 Å². The fourth-order valence-corrected chi connectivity index (χ4v) is 4.07. The van der Waals surface area contributed by atoms with Crippen LogP contribution >= 0.6 is 0 Å². The molecule has 2 rings (SSSR count). The van der Waals surface area contributed by atoms with Crippen molar-refractivity contribution in [3.8, 4) is 17.2 Å². The van der Waals surface area contributed by atoms with Gasteiger partial charge in [-0.25, -0.2) is 4.39 Å². The van der Waals surface area contributed by atoms with E-state index in [9.17, 15) is 4.39 Å². The highest BCUT2D eigenvalue weighted by Gasteiger charge is 2.08. The van der Waals surface area contributed by atoms with Crippen LogP contribution in [0.2, 0.25) is 0 Å². The van der Waals surface area contributed by atoms with Gasteiger partial charge >= 0.3 is 0 Å². The first-order chi connectivity index (χ1) is 19.7. The van der Waals surface area contributed by atoms with E-state index in [2.05, 4.69) is 69.4 Å². The zero-order valence-corrected chi connectivity index (χ0v) is 26.9. The first-order valence-electron chi connectivity index (χ1n) is 15.2. The molecule has 0 bridgehead atoms. The van der Waals surface area contributed by atoms with E-state index in [0.717, 1.165) is 42.0 Å². The van der Waals surface area contributed by atoms with Gasteiger partial charge in [0.05, 0.1) is 17.3 Å². The summed E-state index contributed by atoms with van der Waals surface area (Å²) in [6.45, 7) is 19.1. The van der Waals surface area contributed by atoms with Crippen LogP contribution in [0.3, 0.4) is 0 Å². The average molecular weight is 561 g/mol. The Balaban J connectivity index is 0.000000641. The van der Waals surface area contributed by atoms with Crippen LogP contribution in [-0.2, 0) is 0 Å². The van der Waals surface area contributed by atoms with E-state index in [-0.39, 0.29) is 0 Å². The van der Waals surface area contributed by atoms with E-state index in [0.29, 0.717) is 16.8 Å². The van der Waals surface area contributed by atoms with Crippen LogP contribution in [0, 0.1) is 30.0 Å². The normalized spacial score (nSPS) is 11.2. The molecule has 0 spiro atoms. The molecule has 0 aliphatic carbocycles. The molecule has 0 aliphatic rings. The highest BCUT2D eigenvalue weighted by Crippen LogP contribution is 2.29. The standard InChI is InChI=1S/C15H12FN3.C13H23N.C8H18/c1-10-3-5-12(8-15(10)19-18-2)13-6-4-11(9-17)7-14(13)16;1-5-7-8-10-12(3)11-14-13(4)9-6-2;1-4-6-8(3)7-5-2/h3-8H,1-2H3;10-11H,4-9H2,1-3H3;8H,4-7H2,1-3H3/b;12-10-,14-11?;. The van der Waals surface area contributed by atoms with Crippen LogP contribution in [0.15, 0.2) is 75.5 Å². The number of nitrogens with zero attached hydrogens (tertiary/aromatic N) is 4. The fourth-order valence-electron chi connectivity index (χ4n) is 4.07. The number of rotatable bonds is 13. The second-order valence-corrected chi connectivity index (χ2v) is 10.5. The third-order valence-corrected chi connectivity index (χ3v) is 6.40. The molecule has 0 radical (unpaired) electrons. The molecule has 0 unspecified atom stereocenters. The number of aliphatic imine (C=N–C) groups is 1. The number of hydrogen-bond acceptors (Lipinski definition) is 4. The summed E-state index contributed by atoms with van der Waals surface area (Å²) in [4.78, 5) is 4.30. The lowest BCUT2D eigenvalue weighted by atomic mass is 10.0. The van der Waals surface area contributed by atoms with Crippen molar-refractivity contribution in [3.63, 3.8) is 0 Å². The van der Waals surface area contributed by atoms with Gasteiger partial charge in [-0.3, -0.25) is 4.99 Å². The van der Waals surface area contributed by atoms with Gasteiger partial charge in [0.1, 0.15) is 5.82 Å². The predicted molar refractivity (Wildman–Crippen MR) is 177 cm³/mol. The van der Waals surface area contributed by atoms with Crippen molar-refractivity contribution >= 4 is 11.9 Å². The summed E-state index contributed by atoms with van der Waals surface area (Å²) in [7, 11) is 1.59. The number of hydrogen-bond donors (Lipinski definition) is 0. The first kappa shape index (κ1) is 37.6. The Morgan fingerprint density at radius 1 is 1.02 bits per heavy atom. The molecule has 41 heavy (non-hydrogen) atoms. The van der Waals surface area contributed by atoms with Gasteiger partial charge in [0.2, 0.25) is 0 Å². The molecule has 2 aromatic rings. The topological polar surface area (TPSA) is 60.9 Å². The minimum absolute atomic E-state index is 0.307. The Morgan fingerprint density at radius 2 is 1.71 bits per heavy atom. The zero-order chi connectivity index (χ0) is 31.0. The van der Waals surface area contributed by atoms with Crippen LogP contribution in [0.1, 0.15) is 110 Å². The van der Waals surface area contributed by atoms with Gasteiger partial charge in [-0.1, -0.05) is 110 Å². The molecule has 4 nitrogen and oxygen atoms in total. The van der Waals surface area contributed by atoms with Gasteiger partial charge in [-0.05, 0) is 67.5 Å². The molecule has 0 aromatic heterocycles. The molecular formula is C36H53FN4.